The van der Waals surface area contributed by atoms with E-state index in [0.717, 1.165) is 22.6 Å². The zero-order valence-corrected chi connectivity index (χ0v) is 18.9. The lowest BCUT2D eigenvalue weighted by Gasteiger charge is -2.22. The molecule has 2 N–H and O–H groups in total. The first-order valence-electron chi connectivity index (χ1n) is 10.9. The Balaban J connectivity index is 1.44. The number of nitriles is 1. The molecular formula is C26H26N4OS. The normalized spacial score (nSPS) is 14.6. The average molecular weight is 443 g/mol. The summed E-state index contributed by atoms with van der Waals surface area (Å²) < 4.78 is 0. The Morgan fingerprint density at radius 1 is 1.06 bits per heavy atom. The molecule has 1 heterocycles. The Bertz CT molecular complexity index is 1130. The fourth-order valence-electron chi connectivity index (χ4n) is 4.04. The number of hydrogen-bond acceptors (Lipinski definition) is 5. The summed E-state index contributed by atoms with van der Waals surface area (Å²) in [7, 11) is 0. The van der Waals surface area contributed by atoms with E-state index in [1.165, 1.54) is 55.9 Å². The molecule has 2 aromatic carbocycles. The molecule has 4 rings (SSSR count). The quantitative estimate of drug-likeness (QED) is 0.412. The third-order valence-corrected chi connectivity index (χ3v) is 6.60. The molecule has 0 aliphatic heterocycles. The molecule has 6 heteroatoms. The van der Waals surface area contributed by atoms with Gasteiger partial charge in [-0.05, 0) is 48.6 Å². The van der Waals surface area contributed by atoms with Crippen molar-refractivity contribution in [2.45, 2.75) is 44.9 Å². The summed E-state index contributed by atoms with van der Waals surface area (Å²) in [5.74, 6) is 0.580. The van der Waals surface area contributed by atoms with Gasteiger partial charge in [0.25, 0.3) is 0 Å². The van der Waals surface area contributed by atoms with Gasteiger partial charge in [0.1, 0.15) is 16.6 Å². The van der Waals surface area contributed by atoms with Crippen LogP contribution in [0.3, 0.4) is 0 Å². The molecule has 32 heavy (non-hydrogen) atoms. The molecule has 1 amide bonds. The fraction of sp³-hybridized carbons (Fsp3) is 0.269. The summed E-state index contributed by atoms with van der Waals surface area (Å²) in [6, 6.07) is 18.3. The molecule has 1 fully saturated rings. The van der Waals surface area contributed by atoms with Crippen LogP contribution < -0.4 is 10.6 Å². The Morgan fingerprint density at radius 2 is 1.75 bits per heavy atom. The summed E-state index contributed by atoms with van der Waals surface area (Å²) in [5.41, 5.74) is 5.42. The molecule has 0 atom stereocenters. The van der Waals surface area contributed by atoms with E-state index in [4.69, 9.17) is 4.98 Å². The van der Waals surface area contributed by atoms with Crippen molar-refractivity contribution in [2.24, 2.45) is 0 Å². The molecule has 0 spiro atoms. The lowest BCUT2D eigenvalue weighted by atomic mass is 9.84. The zero-order valence-electron chi connectivity index (χ0n) is 18.1. The Kier molecular flexibility index (Phi) is 6.98. The highest BCUT2D eigenvalue weighted by molar-refractivity contribution is 7.11. The standard InChI is InChI=1S/C26H26N4OS/c1-18(31)29-24-13-11-23(12-14-24)28-16-22(15-27)26-30-25(17-32-26)21-9-7-20(8-10-21)19-5-3-2-4-6-19/h7-14,16-17,19,28H,2-6H2,1H3,(H,29,31). The predicted molar refractivity (Wildman–Crippen MR) is 131 cm³/mol. The van der Waals surface area contributed by atoms with Crippen molar-refractivity contribution in [3.8, 4) is 17.3 Å². The summed E-state index contributed by atoms with van der Waals surface area (Å²) in [4.78, 5) is 15.8. The van der Waals surface area contributed by atoms with Gasteiger partial charge in [-0.3, -0.25) is 4.79 Å². The molecule has 1 aliphatic rings. The van der Waals surface area contributed by atoms with Gasteiger partial charge in [0.05, 0.1) is 5.69 Å². The Labute approximate surface area is 192 Å². The predicted octanol–water partition coefficient (Wildman–Crippen LogP) is 6.79. The Hall–Kier alpha value is -3.43. The van der Waals surface area contributed by atoms with Crippen molar-refractivity contribution in [2.75, 3.05) is 10.6 Å². The van der Waals surface area contributed by atoms with Crippen LogP contribution in [0.5, 0.6) is 0 Å². The van der Waals surface area contributed by atoms with Crippen LogP contribution in [0.2, 0.25) is 0 Å². The first-order chi connectivity index (χ1) is 15.6. The lowest BCUT2D eigenvalue weighted by molar-refractivity contribution is -0.114. The van der Waals surface area contributed by atoms with Crippen molar-refractivity contribution in [1.29, 1.82) is 5.26 Å². The van der Waals surface area contributed by atoms with Crippen LogP contribution in [0, 0.1) is 11.3 Å². The smallest absolute Gasteiger partial charge is 0.221 e. The van der Waals surface area contributed by atoms with Gasteiger partial charge in [0.15, 0.2) is 0 Å². The minimum absolute atomic E-state index is 0.111. The van der Waals surface area contributed by atoms with E-state index in [1.807, 2.05) is 29.6 Å². The van der Waals surface area contributed by atoms with Gasteiger partial charge in [-0.1, -0.05) is 43.5 Å². The highest BCUT2D eigenvalue weighted by atomic mass is 32.1. The van der Waals surface area contributed by atoms with Crippen molar-refractivity contribution in [3.05, 3.63) is 70.7 Å². The molecule has 162 valence electrons. The van der Waals surface area contributed by atoms with Gasteiger partial charge in [-0.15, -0.1) is 11.3 Å². The van der Waals surface area contributed by atoms with Crippen molar-refractivity contribution in [1.82, 2.24) is 4.98 Å². The van der Waals surface area contributed by atoms with Crippen LogP contribution in [0.4, 0.5) is 11.4 Å². The van der Waals surface area contributed by atoms with Crippen molar-refractivity contribution < 1.29 is 4.79 Å². The van der Waals surface area contributed by atoms with Crippen LogP contribution in [0.25, 0.3) is 16.8 Å². The molecule has 0 radical (unpaired) electrons. The number of carbonyl (C=O) groups is 1. The first-order valence-corrected chi connectivity index (χ1v) is 11.8. The van der Waals surface area contributed by atoms with Crippen molar-refractivity contribution in [3.63, 3.8) is 0 Å². The largest absolute Gasteiger partial charge is 0.360 e. The number of amides is 1. The lowest BCUT2D eigenvalue weighted by Crippen LogP contribution is -2.05. The molecule has 3 aromatic rings. The topological polar surface area (TPSA) is 77.8 Å². The second kappa shape index (κ2) is 10.3. The maximum Gasteiger partial charge on any atom is 0.221 e. The highest BCUT2D eigenvalue weighted by Crippen LogP contribution is 2.34. The number of anilines is 2. The zero-order chi connectivity index (χ0) is 22.3. The summed E-state index contributed by atoms with van der Waals surface area (Å²) in [6.45, 7) is 1.47. The van der Waals surface area contributed by atoms with Crippen LogP contribution in [-0.4, -0.2) is 10.9 Å². The third-order valence-electron chi connectivity index (χ3n) is 5.73. The van der Waals surface area contributed by atoms with Crippen LogP contribution >= 0.6 is 11.3 Å². The number of allylic oxidation sites excluding steroid dienone is 1. The molecular weight excluding hydrogens is 416 g/mol. The van der Waals surface area contributed by atoms with Crippen LogP contribution in [-0.2, 0) is 4.79 Å². The summed E-state index contributed by atoms with van der Waals surface area (Å²) in [5, 5.41) is 18.2. The van der Waals surface area contributed by atoms with Gasteiger partial charge < -0.3 is 10.6 Å². The minimum atomic E-state index is -0.111. The number of thiazole rings is 1. The van der Waals surface area contributed by atoms with Gasteiger partial charge in [-0.25, -0.2) is 4.98 Å². The maximum absolute atomic E-state index is 11.1. The van der Waals surface area contributed by atoms with E-state index < -0.39 is 0 Å². The van der Waals surface area contributed by atoms with Gasteiger partial charge in [0.2, 0.25) is 5.91 Å². The fourth-order valence-corrected chi connectivity index (χ4v) is 4.84. The number of benzene rings is 2. The average Bonchev–Trinajstić information content (AvgIpc) is 3.31. The van der Waals surface area contributed by atoms with E-state index >= 15 is 0 Å². The van der Waals surface area contributed by atoms with Crippen LogP contribution in [0.15, 0.2) is 60.1 Å². The highest BCUT2D eigenvalue weighted by Gasteiger charge is 2.16. The SMILES string of the molecule is CC(=O)Nc1ccc(NC=C(C#N)c2nc(-c3ccc(C4CCCCC4)cc3)cs2)cc1. The van der Waals surface area contributed by atoms with E-state index in [9.17, 15) is 10.1 Å². The molecule has 0 bridgehead atoms. The second-order valence-corrected chi connectivity index (χ2v) is 8.93. The number of nitrogens with zero attached hydrogens (tertiary/aromatic N) is 2. The summed E-state index contributed by atoms with van der Waals surface area (Å²) in [6.07, 6.45) is 8.28. The number of nitrogens with one attached hydrogen (secondary N) is 2. The van der Waals surface area contributed by atoms with Crippen molar-refractivity contribution >= 4 is 34.2 Å². The summed E-state index contributed by atoms with van der Waals surface area (Å²) >= 11 is 1.46. The van der Waals surface area contributed by atoms with E-state index in [1.54, 1.807) is 6.20 Å². The second-order valence-electron chi connectivity index (χ2n) is 8.07. The molecule has 0 unspecified atom stereocenters. The molecule has 1 aromatic heterocycles. The number of rotatable bonds is 6. The molecule has 1 saturated carbocycles. The van der Waals surface area contributed by atoms with Gasteiger partial charge >= 0.3 is 0 Å². The monoisotopic (exact) mass is 442 g/mol. The third kappa shape index (κ3) is 5.43. The Morgan fingerprint density at radius 3 is 2.41 bits per heavy atom. The van der Waals surface area contributed by atoms with E-state index in [-0.39, 0.29) is 5.91 Å². The number of aromatic nitrogens is 1. The first kappa shape index (κ1) is 21.8. The number of carbonyl (C=O) groups excluding carboxylic acids is 1. The van der Waals surface area contributed by atoms with Gasteiger partial charge in [0, 0.05) is 35.4 Å². The minimum Gasteiger partial charge on any atom is -0.360 e. The van der Waals surface area contributed by atoms with E-state index in [2.05, 4.69) is 41.0 Å². The molecule has 0 saturated heterocycles. The molecule has 1 aliphatic carbocycles. The maximum atomic E-state index is 11.1. The van der Waals surface area contributed by atoms with Crippen LogP contribution in [0.1, 0.15) is 55.5 Å². The number of hydrogen-bond donors (Lipinski definition) is 2. The molecule has 5 nitrogen and oxygen atoms in total. The van der Waals surface area contributed by atoms with Gasteiger partial charge in [-0.2, -0.15) is 5.26 Å². The van der Waals surface area contributed by atoms with E-state index in [0.29, 0.717) is 16.5 Å².